The molecule has 0 saturated carbocycles. The lowest BCUT2D eigenvalue weighted by Gasteiger charge is -1.79. The number of nitrogens with zero attached hydrogens (tertiary/aromatic N) is 1. The molecule has 3 heteroatoms. The number of hydrogen-bond acceptors (Lipinski definition) is 3. The van der Waals surface area contributed by atoms with Gasteiger partial charge in [-0.15, -0.1) is 0 Å². The lowest BCUT2D eigenvalue weighted by molar-refractivity contribution is -0.113. The van der Waals surface area contributed by atoms with Crippen molar-refractivity contribution in [2.24, 2.45) is 0 Å². The molecule has 0 amide bonds. The van der Waals surface area contributed by atoms with Crippen LogP contribution in [0.3, 0.4) is 0 Å². The molecule has 0 aromatic carbocycles. The molecule has 1 heterocycles. The lowest BCUT2D eigenvalue weighted by atomic mass is 10.2. The Labute approximate surface area is 46.6 Å². The Kier molecular flexibility index (Phi) is 1.01. The van der Waals surface area contributed by atoms with Crippen LogP contribution < -0.4 is 5.32 Å². The van der Waals surface area contributed by atoms with E-state index in [1.165, 1.54) is 6.20 Å². The van der Waals surface area contributed by atoms with Gasteiger partial charge in [0.2, 0.25) is 0 Å². The number of rotatable bonds is 0. The second-order valence-corrected chi connectivity index (χ2v) is 1.47. The number of nitrogens with one attached hydrogen (secondary N) is 1. The standard InChI is InChI=1S/C5H4N2O/c6-1-4-2-7-3-5(4)8/h2,7H,3H2. The van der Waals surface area contributed by atoms with Gasteiger partial charge in [-0.2, -0.15) is 5.26 Å². The van der Waals surface area contributed by atoms with E-state index in [-0.39, 0.29) is 17.9 Å². The minimum atomic E-state index is -0.118. The highest BCUT2D eigenvalue weighted by molar-refractivity contribution is 6.02. The van der Waals surface area contributed by atoms with Crippen molar-refractivity contribution in [3.8, 4) is 6.07 Å². The number of ketones is 1. The van der Waals surface area contributed by atoms with Gasteiger partial charge >= 0.3 is 0 Å². The normalized spacial score (nSPS) is 16.9. The van der Waals surface area contributed by atoms with Gasteiger partial charge in [-0.05, 0) is 0 Å². The summed E-state index contributed by atoms with van der Waals surface area (Å²) in [5.41, 5.74) is 0.227. The smallest absolute Gasteiger partial charge is 0.193 e. The molecule has 8 heavy (non-hydrogen) atoms. The third-order valence-electron chi connectivity index (χ3n) is 0.930. The van der Waals surface area contributed by atoms with E-state index in [0.717, 1.165) is 0 Å². The molecule has 1 rings (SSSR count). The highest BCUT2D eigenvalue weighted by atomic mass is 16.1. The average Bonchev–Trinajstić information content (AvgIpc) is 2.14. The summed E-state index contributed by atoms with van der Waals surface area (Å²) in [4.78, 5) is 10.5. The van der Waals surface area contributed by atoms with Crippen LogP contribution in [0.15, 0.2) is 11.8 Å². The maximum atomic E-state index is 10.5. The Morgan fingerprint density at radius 2 is 2.62 bits per heavy atom. The molecule has 0 atom stereocenters. The van der Waals surface area contributed by atoms with Crippen molar-refractivity contribution in [1.82, 2.24) is 5.32 Å². The van der Waals surface area contributed by atoms with E-state index in [1.807, 2.05) is 0 Å². The first-order valence-electron chi connectivity index (χ1n) is 2.21. The van der Waals surface area contributed by atoms with Crippen LogP contribution in [0.25, 0.3) is 0 Å². The Morgan fingerprint density at radius 3 is 2.88 bits per heavy atom. The van der Waals surface area contributed by atoms with Gasteiger partial charge in [-0.3, -0.25) is 4.79 Å². The molecular formula is C5H4N2O. The van der Waals surface area contributed by atoms with Gasteiger partial charge in [-0.1, -0.05) is 0 Å². The second-order valence-electron chi connectivity index (χ2n) is 1.47. The van der Waals surface area contributed by atoms with E-state index in [0.29, 0.717) is 0 Å². The van der Waals surface area contributed by atoms with Crippen LogP contribution in [-0.2, 0) is 4.79 Å². The molecule has 0 unspecified atom stereocenters. The Bertz CT molecular complexity index is 187. The summed E-state index contributed by atoms with van der Waals surface area (Å²) in [5.74, 6) is -0.118. The van der Waals surface area contributed by atoms with Crippen LogP contribution in [0.4, 0.5) is 0 Å². The quantitative estimate of drug-likeness (QED) is 0.458. The molecule has 1 N–H and O–H groups in total. The molecule has 0 aromatic rings. The van der Waals surface area contributed by atoms with Gasteiger partial charge < -0.3 is 5.32 Å². The fourth-order valence-electron chi connectivity index (χ4n) is 0.516. The fourth-order valence-corrected chi connectivity index (χ4v) is 0.516. The zero-order chi connectivity index (χ0) is 5.98. The largest absolute Gasteiger partial charge is 0.382 e. The number of Topliss-reactive ketones (excluding diaryl/α,β-unsaturated/α-hetero) is 1. The highest BCUT2D eigenvalue weighted by Gasteiger charge is 2.12. The maximum Gasteiger partial charge on any atom is 0.193 e. The van der Waals surface area contributed by atoms with Crippen LogP contribution in [-0.4, -0.2) is 12.3 Å². The Balaban J connectivity index is 2.81. The van der Waals surface area contributed by atoms with Crippen molar-refractivity contribution in [1.29, 1.82) is 5.26 Å². The van der Waals surface area contributed by atoms with Crippen molar-refractivity contribution < 1.29 is 4.79 Å². The summed E-state index contributed by atoms with van der Waals surface area (Å²) >= 11 is 0. The molecule has 0 bridgehead atoms. The van der Waals surface area contributed by atoms with Crippen LogP contribution in [0.2, 0.25) is 0 Å². The number of nitriles is 1. The van der Waals surface area contributed by atoms with Crippen molar-refractivity contribution >= 4 is 5.78 Å². The molecule has 3 nitrogen and oxygen atoms in total. The summed E-state index contributed by atoms with van der Waals surface area (Å²) in [6, 6.07) is 1.76. The summed E-state index contributed by atoms with van der Waals surface area (Å²) in [6.07, 6.45) is 1.43. The average molecular weight is 108 g/mol. The van der Waals surface area contributed by atoms with E-state index in [1.54, 1.807) is 6.07 Å². The molecule has 0 saturated heterocycles. The zero-order valence-electron chi connectivity index (χ0n) is 4.14. The van der Waals surface area contributed by atoms with Crippen molar-refractivity contribution in [2.45, 2.75) is 0 Å². The predicted octanol–water partition coefficient (Wildman–Crippen LogP) is -0.434. The minimum Gasteiger partial charge on any atom is -0.382 e. The van der Waals surface area contributed by atoms with Gasteiger partial charge in [0.05, 0.1) is 6.54 Å². The molecule has 0 spiro atoms. The Hall–Kier alpha value is -1.30. The fraction of sp³-hybridized carbons (Fsp3) is 0.200. The van der Waals surface area contributed by atoms with Gasteiger partial charge in [0.15, 0.2) is 5.78 Å². The van der Waals surface area contributed by atoms with E-state index in [9.17, 15) is 4.79 Å². The SMILES string of the molecule is N#CC1=CNCC1=O. The van der Waals surface area contributed by atoms with Crippen molar-refractivity contribution in [3.63, 3.8) is 0 Å². The number of carbonyl (C=O) groups excluding carboxylic acids is 1. The molecule has 40 valence electrons. The summed E-state index contributed by atoms with van der Waals surface area (Å²) in [6.45, 7) is 0.281. The van der Waals surface area contributed by atoms with Crippen LogP contribution in [0.5, 0.6) is 0 Å². The van der Waals surface area contributed by atoms with E-state index in [2.05, 4.69) is 5.32 Å². The molecule has 1 aliphatic rings. The predicted molar refractivity (Wildman–Crippen MR) is 26.7 cm³/mol. The van der Waals surface area contributed by atoms with Crippen LogP contribution in [0.1, 0.15) is 0 Å². The lowest BCUT2D eigenvalue weighted by Crippen LogP contribution is -2.07. The van der Waals surface area contributed by atoms with E-state index >= 15 is 0 Å². The van der Waals surface area contributed by atoms with Crippen LogP contribution in [0, 0.1) is 11.3 Å². The first kappa shape index (κ1) is 4.85. The summed E-state index contributed by atoms with van der Waals surface area (Å²) in [7, 11) is 0. The third-order valence-corrected chi connectivity index (χ3v) is 0.930. The molecule has 0 fully saturated rings. The Morgan fingerprint density at radius 1 is 1.88 bits per heavy atom. The number of carbonyl (C=O) groups is 1. The molecule has 1 aliphatic heterocycles. The van der Waals surface area contributed by atoms with Gasteiger partial charge in [0, 0.05) is 6.20 Å². The molecule has 0 aliphatic carbocycles. The topological polar surface area (TPSA) is 52.9 Å². The van der Waals surface area contributed by atoms with E-state index < -0.39 is 0 Å². The summed E-state index contributed by atoms with van der Waals surface area (Å²) in [5, 5.41) is 10.8. The van der Waals surface area contributed by atoms with E-state index in [4.69, 9.17) is 5.26 Å². The van der Waals surface area contributed by atoms with Crippen molar-refractivity contribution in [3.05, 3.63) is 11.8 Å². The van der Waals surface area contributed by atoms with Gasteiger partial charge in [-0.25, -0.2) is 0 Å². The zero-order valence-corrected chi connectivity index (χ0v) is 4.14. The highest BCUT2D eigenvalue weighted by Crippen LogP contribution is 1.96. The third kappa shape index (κ3) is 0.562. The maximum absolute atomic E-state index is 10.5. The molecule has 0 radical (unpaired) electrons. The molecular weight excluding hydrogens is 104 g/mol. The van der Waals surface area contributed by atoms with Crippen molar-refractivity contribution in [2.75, 3.05) is 6.54 Å². The summed E-state index contributed by atoms with van der Waals surface area (Å²) < 4.78 is 0. The number of hydrogen-bond donors (Lipinski definition) is 1. The molecule has 0 aromatic heterocycles. The minimum absolute atomic E-state index is 0.118. The first-order chi connectivity index (χ1) is 3.84. The first-order valence-corrected chi connectivity index (χ1v) is 2.21. The van der Waals surface area contributed by atoms with Crippen LogP contribution >= 0.6 is 0 Å². The van der Waals surface area contributed by atoms with Gasteiger partial charge in [0.1, 0.15) is 11.6 Å². The van der Waals surface area contributed by atoms with Gasteiger partial charge in [0.25, 0.3) is 0 Å². The monoisotopic (exact) mass is 108 g/mol. The second kappa shape index (κ2) is 1.66.